The Morgan fingerprint density at radius 2 is 1.80 bits per heavy atom. The van der Waals surface area contributed by atoms with Gasteiger partial charge in [-0.3, -0.25) is 14.7 Å². The fourth-order valence-corrected chi connectivity index (χ4v) is 3.68. The standard InChI is InChI=1S/C23H21ClN4O2/c1-14-19(12-13-20(29)26-18-10-8-17(24)9-11-18)23(30)28-22(25-14)21(15(2)27-28)16-6-4-3-5-7-16/h3-11,27H,12-13H2,1-2H3,(H,26,29). The second kappa shape index (κ2) is 8.16. The highest BCUT2D eigenvalue weighted by atomic mass is 35.5. The van der Waals surface area contributed by atoms with Crippen molar-refractivity contribution in [3.63, 3.8) is 0 Å². The van der Waals surface area contributed by atoms with Crippen LogP contribution in [0.1, 0.15) is 23.4 Å². The van der Waals surface area contributed by atoms with Gasteiger partial charge in [0, 0.05) is 39.6 Å². The number of hydrogen-bond acceptors (Lipinski definition) is 3. The highest BCUT2D eigenvalue weighted by Crippen LogP contribution is 2.26. The van der Waals surface area contributed by atoms with E-state index in [0.717, 1.165) is 16.8 Å². The van der Waals surface area contributed by atoms with Crippen LogP contribution in [0.2, 0.25) is 5.02 Å². The van der Waals surface area contributed by atoms with Gasteiger partial charge in [-0.05, 0) is 50.1 Å². The molecule has 0 saturated heterocycles. The number of fused-ring (bicyclic) bond motifs is 1. The molecule has 30 heavy (non-hydrogen) atoms. The molecule has 1 amide bonds. The number of nitrogens with zero attached hydrogens (tertiary/aromatic N) is 2. The van der Waals surface area contributed by atoms with Crippen LogP contribution >= 0.6 is 11.6 Å². The zero-order valence-corrected chi connectivity index (χ0v) is 17.5. The number of aryl methyl sites for hydroxylation is 2. The van der Waals surface area contributed by atoms with Crippen molar-refractivity contribution in [2.24, 2.45) is 0 Å². The molecule has 2 heterocycles. The number of H-pyrrole nitrogens is 1. The van der Waals surface area contributed by atoms with Gasteiger partial charge < -0.3 is 5.32 Å². The lowest BCUT2D eigenvalue weighted by Crippen LogP contribution is -2.23. The molecule has 0 aliphatic carbocycles. The highest BCUT2D eigenvalue weighted by Gasteiger charge is 2.18. The van der Waals surface area contributed by atoms with Crippen LogP contribution in [-0.4, -0.2) is 20.5 Å². The van der Waals surface area contributed by atoms with E-state index in [2.05, 4.69) is 10.4 Å². The quantitative estimate of drug-likeness (QED) is 0.497. The van der Waals surface area contributed by atoms with Crippen molar-refractivity contribution in [1.29, 1.82) is 0 Å². The van der Waals surface area contributed by atoms with Gasteiger partial charge in [0.15, 0.2) is 5.65 Å². The molecule has 4 rings (SSSR count). The Bertz CT molecular complexity index is 1270. The summed E-state index contributed by atoms with van der Waals surface area (Å²) < 4.78 is 1.47. The summed E-state index contributed by atoms with van der Waals surface area (Å²) in [5.74, 6) is -0.172. The molecular weight excluding hydrogens is 400 g/mol. The van der Waals surface area contributed by atoms with Crippen molar-refractivity contribution in [3.05, 3.63) is 86.9 Å². The number of carbonyl (C=O) groups excluding carboxylic acids is 1. The van der Waals surface area contributed by atoms with Crippen LogP contribution in [-0.2, 0) is 11.2 Å². The van der Waals surface area contributed by atoms with Gasteiger partial charge in [-0.1, -0.05) is 41.9 Å². The molecule has 2 aromatic carbocycles. The van der Waals surface area contributed by atoms with Crippen LogP contribution in [0.5, 0.6) is 0 Å². The van der Waals surface area contributed by atoms with Crippen LogP contribution < -0.4 is 10.9 Å². The molecule has 6 nitrogen and oxygen atoms in total. The van der Waals surface area contributed by atoms with Crippen molar-refractivity contribution in [2.75, 3.05) is 5.32 Å². The van der Waals surface area contributed by atoms with E-state index in [0.29, 0.717) is 34.0 Å². The number of aromatic nitrogens is 3. The summed E-state index contributed by atoms with van der Waals surface area (Å²) in [6.45, 7) is 3.73. The first-order valence-corrected chi connectivity index (χ1v) is 10.0. The van der Waals surface area contributed by atoms with Crippen LogP contribution in [0.3, 0.4) is 0 Å². The summed E-state index contributed by atoms with van der Waals surface area (Å²) >= 11 is 5.86. The Labute approximate surface area is 178 Å². The van der Waals surface area contributed by atoms with E-state index in [-0.39, 0.29) is 17.9 Å². The van der Waals surface area contributed by atoms with Gasteiger partial charge in [0.25, 0.3) is 5.56 Å². The number of nitrogens with one attached hydrogen (secondary N) is 2. The minimum Gasteiger partial charge on any atom is -0.326 e. The van der Waals surface area contributed by atoms with Crippen LogP contribution in [0.15, 0.2) is 59.4 Å². The van der Waals surface area contributed by atoms with Gasteiger partial charge in [-0.15, -0.1) is 0 Å². The molecule has 7 heteroatoms. The maximum atomic E-state index is 13.1. The largest absolute Gasteiger partial charge is 0.326 e. The van der Waals surface area contributed by atoms with Gasteiger partial charge in [0.05, 0.1) is 0 Å². The number of benzene rings is 2. The molecule has 0 fully saturated rings. The fourth-order valence-electron chi connectivity index (χ4n) is 3.56. The zero-order valence-electron chi connectivity index (χ0n) is 16.7. The van der Waals surface area contributed by atoms with Crippen LogP contribution in [0, 0.1) is 13.8 Å². The number of aromatic amines is 1. The molecule has 0 atom stereocenters. The van der Waals surface area contributed by atoms with Gasteiger partial charge in [0.1, 0.15) is 0 Å². The van der Waals surface area contributed by atoms with Crippen LogP contribution in [0.25, 0.3) is 16.8 Å². The second-order valence-corrected chi connectivity index (χ2v) is 7.61. The summed E-state index contributed by atoms with van der Waals surface area (Å²) in [6, 6.07) is 16.7. The Morgan fingerprint density at radius 1 is 1.10 bits per heavy atom. The number of carbonyl (C=O) groups is 1. The van der Waals surface area contributed by atoms with Crippen molar-refractivity contribution >= 4 is 28.8 Å². The SMILES string of the molecule is Cc1nc2c(-c3ccccc3)c(C)[nH]n2c(=O)c1CCC(=O)Nc1ccc(Cl)cc1. The third-order valence-corrected chi connectivity index (χ3v) is 5.31. The fraction of sp³-hybridized carbons (Fsp3) is 0.174. The molecule has 2 aromatic heterocycles. The Hall–Kier alpha value is -3.38. The summed E-state index contributed by atoms with van der Waals surface area (Å²) in [4.78, 5) is 30.1. The van der Waals surface area contributed by atoms with E-state index < -0.39 is 0 Å². The molecule has 0 unspecified atom stereocenters. The minimum absolute atomic E-state index is 0.172. The summed E-state index contributed by atoms with van der Waals surface area (Å²) in [7, 11) is 0. The van der Waals surface area contributed by atoms with E-state index >= 15 is 0 Å². The maximum absolute atomic E-state index is 13.1. The number of hydrogen-bond donors (Lipinski definition) is 2. The molecular formula is C23H21ClN4O2. The summed E-state index contributed by atoms with van der Waals surface area (Å²) in [5, 5.41) is 6.54. The first-order valence-electron chi connectivity index (χ1n) is 9.65. The van der Waals surface area contributed by atoms with E-state index in [9.17, 15) is 9.59 Å². The maximum Gasteiger partial charge on any atom is 0.276 e. The molecule has 0 aliphatic heterocycles. The molecule has 0 bridgehead atoms. The number of halogens is 1. The van der Waals surface area contributed by atoms with Crippen molar-refractivity contribution < 1.29 is 4.79 Å². The van der Waals surface area contributed by atoms with Gasteiger partial charge in [-0.2, -0.15) is 0 Å². The number of rotatable bonds is 5. The molecule has 0 radical (unpaired) electrons. The summed E-state index contributed by atoms with van der Waals surface area (Å²) in [5.41, 5.74) is 5.01. The average Bonchev–Trinajstić information content (AvgIpc) is 3.06. The molecule has 0 spiro atoms. The van der Waals surface area contributed by atoms with Crippen molar-refractivity contribution in [3.8, 4) is 11.1 Å². The van der Waals surface area contributed by atoms with Crippen LogP contribution in [0.4, 0.5) is 5.69 Å². The smallest absolute Gasteiger partial charge is 0.276 e. The molecule has 152 valence electrons. The monoisotopic (exact) mass is 420 g/mol. The Morgan fingerprint density at radius 3 is 2.50 bits per heavy atom. The second-order valence-electron chi connectivity index (χ2n) is 7.17. The van der Waals surface area contributed by atoms with Crippen molar-refractivity contribution in [2.45, 2.75) is 26.7 Å². The third kappa shape index (κ3) is 3.86. The Kier molecular flexibility index (Phi) is 5.42. The lowest BCUT2D eigenvalue weighted by molar-refractivity contribution is -0.116. The van der Waals surface area contributed by atoms with E-state index in [1.165, 1.54) is 4.52 Å². The highest BCUT2D eigenvalue weighted by molar-refractivity contribution is 6.30. The topological polar surface area (TPSA) is 79.3 Å². The van der Waals surface area contributed by atoms with Gasteiger partial charge >= 0.3 is 0 Å². The van der Waals surface area contributed by atoms with E-state index in [4.69, 9.17) is 16.6 Å². The van der Waals surface area contributed by atoms with E-state index in [1.54, 1.807) is 24.3 Å². The predicted octanol–water partition coefficient (Wildman–Crippen LogP) is 4.53. The molecule has 4 aromatic rings. The molecule has 2 N–H and O–H groups in total. The van der Waals surface area contributed by atoms with Gasteiger partial charge in [0.2, 0.25) is 5.91 Å². The number of amides is 1. The third-order valence-electron chi connectivity index (χ3n) is 5.05. The first-order chi connectivity index (χ1) is 14.4. The van der Waals surface area contributed by atoms with Gasteiger partial charge in [-0.25, -0.2) is 9.50 Å². The summed E-state index contributed by atoms with van der Waals surface area (Å²) in [6.07, 6.45) is 0.483. The van der Waals surface area contributed by atoms with Crippen molar-refractivity contribution in [1.82, 2.24) is 14.6 Å². The minimum atomic E-state index is -0.179. The first kappa shape index (κ1) is 19.9. The lowest BCUT2D eigenvalue weighted by Gasteiger charge is -2.08. The number of anilines is 1. The normalized spacial score (nSPS) is 11.0. The predicted molar refractivity (Wildman–Crippen MR) is 119 cm³/mol. The molecule has 0 aliphatic rings. The Balaban J connectivity index is 1.60. The lowest BCUT2D eigenvalue weighted by atomic mass is 10.1. The molecule has 0 saturated carbocycles. The average molecular weight is 421 g/mol. The van der Waals surface area contributed by atoms with E-state index in [1.807, 2.05) is 44.2 Å². The zero-order chi connectivity index (χ0) is 21.3.